The van der Waals surface area contributed by atoms with Gasteiger partial charge < -0.3 is 15.0 Å². The number of carbonyl (C=O) groups excluding carboxylic acids is 2. The Morgan fingerprint density at radius 2 is 1.87 bits per heavy atom. The van der Waals surface area contributed by atoms with Gasteiger partial charge in [-0.3, -0.25) is 9.59 Å². The van der Waals surface area contributed by atoms with Crippen molar-refractivity contribution in [3.8, 4) is 5.75 Å². The summed E-state index contributed by atoms with van der Waals surface area (Å²) >= 11 is 1.24. The van der Waals surface area contributed by atoms with Crippen LogP contribution in [0, 0.1) is 6.92 Å². The number of hydrogen-bond donors (Lipinski definition) is 1. The highest BCUT2D eigenvalue weighted by Crippen LogP contribution is 2.35. The maximum Gasteiger partial charge on any atom is 0.286 e. The number of hydrogen-bond acceptors (Lipinski definition) is 6. The average Bonchev–Trinajstić information content (AvgIpc) is 3.45. The Morgan fingerprint density at radius 1 is 1.13 bits per heavy atom. The van der Waals surface area contributed by atoms with Crippen molar-refractivity contribution < 1.29 is 14.3 Å². The minimum atomic E-state index is -0.296. The van der Waals surface area contributed by atoms with Crippen LogP contribution in [0.3, 0.4) is 0 Å². The SMILES string of the molecule is CCOc1ccc(C(=O)N2CCC[C@H]2c2nnc(C(=O)Nc3ccc(C)cc3)s2)cc1. The highest BCUT2D eigenvalue weighted by Gasteiger charge is 2.33. The zero-order chi connectivity index (χ0) is 21.8. The summed E-state index contributed by atoms with van der Waals surface area (Å²) in [7, 11) is 0. The molecule has 4 rings (SSSR count). The van der Waals surface area contributed by atoms with Crippen LogP contribution in [-0.2, 0) is 0 Å². The highest BCUT2D eigenvalue weighted by molar-refractivity contribution is 7.13. The second kappa shape index (κ2) is 9.26. The first kappa shape index (κ1) is 21.0. The fraction of sp³-hybridized carbons (Fsp3) is 0.304. The first-order chi connectivity index (χ1) is 15.0. The van der Waals surface area contributed by atoms with Crippen LogP contribution in [0.4, 0.5) is 5.69 Å². The summed E-state index contributed by atoms with van der Waals surface area (Å²) in [5.41, 5.74) is 2.44. The molecule has 0 saturated carbocycles. The van der Waals surface area contributed by atoms with Crippen LogP contribution in [0.1, 0.15) is 56.5 Å². The fourth-order valence-electron chi connectivity index (χ4n) is 3.58. The van der Waals surface area contributed by atoms with E-state index in [1.807, 2.05) is 43.0 Å². The van der Waals surface area contributed by atoms with Crippen molar-refractivity contribution in [1.82, 2.24) is 15.1 Å². The van der Waals surface area contributed by atoms with Gasteiger partial charge in [0.2, 0.25) is 5.01 Å². The topological polar surface area (TPSA) is 84.4 Å². The van der Waals surface area contributed by atoms with Gasteiger partial charge in [-0.05, 0) is 63.1 Å². The van der Waals surface area contributed by atoms with Crippen molar-refractivity contribution in [2.24, 2.45) is 0 Å². The first-order valence-electron chi connectivity index (χ1n) is 10.3. The molecule has 1 aromatic heterocycles. The predicted molar refractivity (Wildman–Crippen MR) is 120 cm³/mol. The fourth-order valence-corrected chi connectivity index (χ4v) is 4.46. The number of nitrogens with zero attached hydrogens (tertiary/aromatic N) is 3. The van der Waals surface area contributed by atoms with E-state index in [1.165, 1.54) is 11.3 Å². The Bertz CT molecular complexity index is 1060. The molecule has 1 aliphatic heterocycles. The average molecular weight is 437 g/mol. The van der Waals surface area contributed by atoms with Gasteiger partial charge in [0.05, 0.1) is 12.6 Å². The van der Waals surface area contributed by atoms with Gasteiger partial charge in [0.1, 0.15) is 10.8 Å². The highest BCUT2D eigenvalue weighted by atomic mass is 32.1. The molecule has 1 saturated heterocycles. The lowest BCUT2D eigenvalue weighted by molar-refractivity contribution is 0.0735. The number of nitrogens with one attached hydrogen (secondary N) is 1. The van der Waals surface area contributed by atoms with Crippen molar-refractivity contribution in [1.29, 1.82) is 0 Å². The molecule has 7 nitrogen and oxygen atoms in total. The summed E-state index contributed by atoms with van der Waals surface area (Å²) < 4.78 is 5.45. The summed E-state index contributed by atoms with van der Waals surface area (Å²) in [6.45, 7) is 5.15. The standard InChI is InChI=1S/C23H24N4O3S/c1-3-30-18-12-8-16(9-13-18)23(29)27-14-4-5-19(27)21-25-26-22(31-21)20(28)24-17-10-6-15(2)7-11-17/h6-13,19H,3-5,14H2,1-2H3,(H,24,28)/t19-/m0/s1. The predicted octanol–water partition coefficient (Wildman–Crippen LogP) is 4.47. The molecular weight excluding hydrogens is 412 g/mol. The summed E-state index contributed by atoms with van der Waals surface area (Å²) in [6, 6.07) is 14.6. The number of rotatable bonds is 6. The van der Waals surface area contributed by atoms with Crippen LogP contribution < -0.4 is 10.1 Å². The van der Waals surface area contributed by atoms with E-state index >= 15 is 0 Å². The van der Waals surface area contributed by atoms with E-state index in [4.69, 9.17) is 4.74 Å². The third-order valence-corrected chi connectivity index (χ3v) is 6.18. The molecule has 2 aromatic carbocycles. The number of anilines is 1. The van der Waals surface area contributed by atoms with E-state index < -0.39 is 0 Å². The number of ether oxygens (including phenoxy) is 1. The lowest BCUT2D eigenvalue weighted by Gasteiger charge is -2.22. The molecule has 160 valence electrons. The molecule has 31 heavy (non-hydrogen) atoms. The quantitative estimate of drug-likeness (QED) is 0.616. The van der Waals surface area contributed by atoms with Crippen molar-refractivity contribution in [3.05, 3.63) is 69.7 Å². The molecule has 2 heterocycles. The number of likely N-dealkylation sites (tertiary alicyclic amines) is 1. The van der Waals surface area contributed by atoms with Gasteiger partial charge in [0.25, 0.3) is 11.8 Å². The minimum Gasteiger partial charge on any atom is -0.494 e. The molecule has 0 bridgehead atoms. The summed E-state index contributed by atoms with van der Waals surface area (Å²) in [6.07, 6.45) is 1.69. The molecule has 1 N–H and O–H groups in total. The van der Waals surface area contributed by atoms with E-state index in [1.54, 1.807) is 24.3 Å². The second-order valence-corrected chi connectivity index (χ2v) is 8.39. The zero-order valence-corrected chi connectivity index (χ0v) is 18.3. The third-order valence-electron chi connectivity index (χ3n) is 5.16. The maximum atomic E-state index is 13.1. The molecule has 1 fully saturated rings. The largest absolute Gasteiger partial charge is 0.494 e. The van der Waals surface area contributed by atoms with Crippen LogP contribution in [0.25, 0.3) is 0 Å². The molecule has 0 unspecified atom stereocenters. The molecule has 1 atom stereocenters. The zero-order valence-electron chi connectivity index (χ0n) is 17.5. The normalized spacial score (nSPS) is 15.7. The molecule has 2 amide bonds. The minimum absolute atomic E-state index is 0.0496. The van der Waals surface area contributed by atoms with Crippen LogP contribution in [0.2, 0.25) is 0 Å². The molecule has 3 aromatic rings. The molecule has 0 spiro atoms. The van der Waals surface area contributed by atoms with E-state index in [2.05, 4.69) is 15.5 Å². The van der Waals surface area contributed by atoms with Gasteiger partial charge >= 0.3 is 0 Å². The summed E-state index contributed by atoms with van der Waals surface area (Å²) in [5.74, 6) is 0.395. The Morgan fingerprint density at radius 3 is 2.58 bits per heavy atom. The van der Waals surface area contributed by atoms with Gasteiger partial charge in [-0.15, -0.1) is 10.2 Å². The lowest BCUT2D eigenvalue weighted by Crippen LogP contribution is -2.30. The first-order valence-corrected chi connectivity index (χ1v) is 11.1. The number of aryl methyl sites for hydroxylation is 1. The van der Waals surface area contributed by atoms with Gasteiger partial charge in [0, 0.05) is 17.8 Å². The Hall–Kier alpha value is -3.26. The van der Waals surface area contributed by atoms with Crippen LogP contribution >= 0.6 is 11.3 Å². The molecular formula is C23H24N4O3S. The van der Waals surface area contributed by atoms with E-state index in [-0.39, 0.29) is 22.9 Å². The third kappa shape index (κ3) is 4.74. The Balaban J connectivity index is 1.46. The smallest absolute Gasteiger partial charge is 0.286 e. The summed E-state index contributed by atoms with van der Waals surface area (Å²) in [5, 5.41) is 12.1. The van der Waals surface area contributed by atoms with Crippen molar-refractivity contribution in [3.63, 3.8) is 0 Å². The summed E-state index contributed by atoms with van der Waals surface area (Å²) in [4.78, 5) is 27.4. The van der Waals surface area contributed by atoms with E-state index in [9.17, 15) is 9.59 Å². The maximum absolute atomic E-state index is 13.1. The lowest BCUT2D eigenvalue weighted by atomic mass is 10.1. The van der Waals surface area contributed by atoms with Crippen molar-refractivity contribution in [2.75, 3.05) is 18.5 Å². The van der Waals surface area contributed by atoms with Crippen molar-refractivity contribution >= 4 is 28.8 Å². The molecule has 8 heteroatoms. The van der Waals surface area contributed by atoms with Crippen LogP contribution in [-0.4, -0.2) is 40.1 Å². The molecule has 0 radical (unpaired) electrons. The Kier molecular flexibility index (Phi) is 6.27. The van der Waals surface area contributed by atoms with Crippen molar-refractivity contribution in [2.45, 2.75) is 32.7 Å². The van der Waals surface area contributed by atoms with Crippen LogP contribution in [0.5, 0.6) is 5.75 Å². The Labute approximate surface area is 185 Å². The number of carbonyl (C=O) groups is 2. The monoisotopic (exact) mass is 436 g/mol. The number of benzene rings is 2. The van der Waals surface area contributed by atoms with Gasteiger partial charge in [-0.25, -0.2) is 0 Å². The van der Waals surface area contributed by atoms with Crippen LogP contribution in [0.15, 0.2) is 48.5 Å². The molecule has 1 aliphatic rings. The van der Waals surface area contributed by atoms with Gasteiger partial charge in [0.15, 0.2) is 0 Å². The second-order valence-electron chi connectivity index (χ2n) is 7.38. The number of aromatic nitrogens is 2. The van der Waals surface area contributed by atoms with Gasteiger partial charge in [-0.1, -0.05) is 29.0 Å². The van der Waals surface area contributed by atoms with E-state index in [0.29, 0.717) is 29.4 Å². The van der Waals surface area contributed by atoms with E-state index in [0.717, 1.165) is 24.2 Å². The van der Waals surface area contributed by atoms with Gasteiger partial charge in [-0.2, -0.15) is 0 Å². The molecule has 0 aliphatic carbocycles. The number of amides is 2.